The standard InChI is InChI=1S/C23H28ClN3O4S/c1-16(2)15-25-22(28)18-8-4-5-9-21(18)26-23(29)19-14-17(10-11-20(19)24)32(30,31)27-12-6-3-7-13-27/h4-5,8-11,14,16H,3,6-7,12-13,15H2,1-2H3,(H,25,28)(H,26,29). The van der Waals surface area contributed by atoms with Crippen molar-refractivity contribution in [1.82, 2.24) is 9.62 Å². The molecule has 1 aliphatic heterocycles. The molecular weight excluding hydrogens is 450 g/mol. The third-order valence-corrected chi connectivity index (χ3v) is 7.45. The maximum absolute atomic E-state index is 13.0. The molecule has 1 aliphatic rings. The molecular formula is C23H28ClN3O4S. The number of nitrogens with zero attached hydrogens (tertiary/aromatic N) is 1. The second-order valence-electron chi connectivity index (χ2n) is 8.21. The molecule has 172 valence electrons. The summed E-state index contributed by atoms with van der Waals surface area (Å²) in [5.41, 5.74) is 0.663. The molecule has 32 heavy (non-hydrogen) atoms. The molecule has 0 atom stereocenters. The van der Waals surface area contributed by atoms with E-state index in [1.54, 1.807) is 24.3 Å². The van der Waals surface area contributed by atoms with Crippen molar-refractivity contribution in [2.45, 2.75) is 38.0 Å². The van der Waals surface area contributed by atoms with Crippen LogP contribution in [0.4, 0.5) is 5.69 Å². The lowest BCUT2D eigenvalue weighted by Crippen LogP contribution is -2.35. The van der Waals surface area contributed by atoms with E-state index in [0.29, 0.717) is 30.9 Å². The first-order chi connectivity index (χ1) is 15.2. The van der Waals surface area contributed by atoms with E-state index in [2.05, 4.69) is 10.6 Å². The first kappa shape index (κ1) is 24.2. The molecule has 9 heteroatoms. The van der Waals surface area contributed by atoms with Crippen molar-refractivity contribution >= 4 is 39.1 Å². The number of amides is 2. The summed E-state index contributed by atoms with van der Waals surface area (Å²) in [6, 6.07) is 10.8. The Bertz CT molecular complexity index is 1100. The topological polar surface area (TPSA) is 95.6 Å². The van der Waals surface area contributed by atoms with Gasteiger partial charge in [0, 0.05) is 19.6 Å². The van der Waals surface area contributed by atoms with E-state index in [4.69, 9.17) is 11.6 Å². The van der Waals surface area contributed by atoms with Crippen LogP contribution in [-0.4, -0.2) is 44.2 Å². The number of benzene rings is 2. The lowest BCUT2D eigenvalue weighted by molar-refractivity contribution is 0.0950. The minimum Gasteiger partial charge on any atom is -0.352 e. The number of rotatable bonds is 7. The van der Waals surface area contributed by atoms with Crippen molar-refractivity contribution in [2.24, 2.45) is 5.92 Å². The Morgan fingerprint density at radius 3 is 2.38 bits per heavy atom. The number of anilines is 1. The van der Waals surface area contributed by atoms with Crippen molar-refractivity contribution in [3.8, 4) is 0 Å². The number of sulfonamides is 1. The number of hydrogen-bond donors (Lipinski definition) is 2. The Hall–Kier alpha value is -2.42. The molecule has 2 amide bonds. The molecule has 0 aromatic heterocycles. The van der Waals surface area contributed by atoms with Crippen molar-refractivity contribution in [3.05, 3.63) is 58.6 Å². The molecule has 1 heterocycles. The van der Waals surface area contributed by atoms with E-state index >= 15 is 0 Å². The van der Waals surface area contributed by atoms with Crippen LogP contribution in [0.2, 0.25) is 5.02 Å². The predicted octanol–water partition coefficient (Wildman–Crippen LogP) is 4.15. The highest BCUT2D eigenvalue weighted by molar-refractivity contribution is 7.89. The molecule has 2 N–H and O–H groups in total. The van der Waals surface area contributed by atoms with Gasteiger partial charge in [-0.25, -0.2) is 8.42 Å². The maximum Gasteiger partial charge on any atom is 0.257 e. The van der Waals surface area contributed by atoms with Gasteiger partial charge in [0.25, 0.3) is 11.8 Å². The van der Waals surface area contributed by atoms with Crippen LogP contribution < -0.4 is 10.6 Å². The van der Waals surface area contributed by atoms with Gasteiger partial charge >= 0.3 is 0 Å². The summed E-state index contributed by atoms with van der Waals surface area (Å²) in [7, 11) is -3.71. The van der Waals surface area contributed by atoms with Crippen molar-refractivity contribution in [3.63, 3.8) is 0 Å². The highest BCUT2D eigenvalue weighted by atomic mass is 35.5. The highest BCUT2D eigenvalue weighted by Crippen LogP contribution is 2.26. The first-order valence-electron chi connectivity index (χ1n) is 10.7. The van der Waals surface area contributed by atoms with Crippen LogP contribution in [0.25, 0.3) is 0 Å². The van der Waals surface area contributed by atoms with Crippen LogP contribution in [0.15, 0.2) is 47.4 Å². The Labute approximate surface area is 194 Å². The largest absolute Gasteiger partial charge is 0.352 e. The molecule has 0 radical (unpaired) electrons. The van der Waals surface area contributed by atoms with E-state index in [1.807, 2.05) is 13.8 Å². The van der Waals surface area contributed by atoms with Gasteiger partial charge in [0.05, 0.1) is 26.7 Å². The number of hydrogen-bond acceptors (Lipinski definition) is 4. The molecule has 1 fully saturated rings. The van der Waals surface area contributed by atoms with Crippen molar-refractivity contribution in [1.29, 1.82) is 0 Å². The summed E-state index contributed by atoms with van der Waals surface area (Å²) in [6.07, 6.45) is 2.64. The van der Waals surface area contributed by atoms with E-state index in [1.165, 1.54) is 22.5 Å². The molecule has 0 spiro atoms. The predicted molar refractivity (Wildman–Crippen MR) is 126 cm³/mol. The third-order valence-electron chi connectivity index (χ3n) is 5.23. The summed E-state index contributed by atoms with van der Waals surface area (Å²) in [5.74, 6) is -0.610. The molecule has 0 unspecified atom stereocenters. The van der Waals surface area contributed by atoms with Gasteiger partial charge in [0.2, 0.25) is 10.0 Å². The summed E-state index contributed by atoms with van der Waals surface area (Å²) in [6.45, 7) is 5.40. The molecule has 0 bridgehead atoms. The average molecular weight is 478 g/mol. The van der Waals surface area contributed by atoms with Crippen LogP contribution in [0.5, 0.6) is 0 Å². The first-order valence-corrected chi connectivity index (χ1v) is 12.5. The van der Waals surface area contributed by atoms with E-state index in [9.17, 15) is 18.0 Å². The molecule has 0 aliphatic carbocycles. The monoisotopic (exact) mass is 477 g/mol. The summed E-state index contributed by atoms with van der Waals surface area (Å²) in [5, 5.41) is 5.66. The van der Waals surface area contributed by atoms with Gasteiger partial charge in [-0.2, -0.15) is 4.31 Å². The number of para-hydroxylation sites is 1. The molecule has 3 rings (SSSR count). The normalized spacial score (nSPS) is 14.9. The number of carbonyl (C=O) groups is 2. The van der Waals surface area contributed by atoms with E-state index in [-0.39, 0.29) is 27.3 Å². The summed E-state index contributed by atoms with van der Waals surface area (Å²) < 4.78 is 27.4. The zero-order valence-corrected chi connectivity index (χ0v) is 19.8. The molecule has 0 saturated carbocycles. The van der Waals surface area contributed by atoms with Crippen molar-refractivity contribution < 1.29 is 18.0 Å². The van der Waals surface area contributed by atoms with Gasteiger partial charge in [-0.3, -0.25) is 9.59 Å². The second kappa shape index (κ2) is 10.5. The van der Waals surface area contributed by atoms with Crippen LogP contribution >= 0.6 is 11.6 Å². The van der Waals surface area contributed by atoms with Crippen LogP contribution in [-0.2, 0) is 10.0 Å². The fourth-order valence-corrected chi connectivity index (χ4v) is 5.21. The second-order valence-corrected chi connectivity index (χ2v) is 10.6. The highest BCUT2D eigenvalue weighted by Gasteiger charge is 2.27. The minimum atomic E-state index is -3.71. The fraction of sp³-hybridized carbons (Fsp3) is 0.391. The van der Waals surface area contributed by atoms with Crippen molar-refractivity contribution in [2.75, 3.05) is 25.0 Å². The van der Waals surface area contributed by atoms with Crippen LogP contribution in [0, 0.1) is 5.92 Å². The lowest BCUT2D eigenvalue weighted by Gasteiger charge is -2.26. The van der Waals surface area contributed by atoms with Gasteiger partial charge < -0.3 is 10.6 Å². The molecule has 2 aromatic carbocycles. The number of carbonyl (C=O) groups excluding carboxylic acids is 2. The summed E-state index contributed by atoms with van der Waals surface area (Å²) >= 11 is 6.23. The third kappa shape index (κ3) is 5.68. The van der Waals surface area contributed by atoms with E-state index in [0.717, 1.165) is 19.3 Å². The Morgan fingerprint density at radius 2 is 1.69 bits per heavy atom. The van der Waals surface area contributed by atoms with Gasteiger partial charge in [-0.15, -0.1) is 0 Å². The Kier molecular flexibility index (Phi) is 7.92. The molecule has 7 nitrogen and oxygen atoms in total. The van der Waals surface area contributed by atoms with Gasteiger partial charge in [-0.05, 0) is 49.1 Å². The molecule has 2 aromatic rings. The number of piperidine rings is 1. The van der Waals surface area contributed by atoms with Gasteiger partial charge in [0.1, 0.15) is 0 Å². The lowest BCUT2D eigenvalue weighted by atomic mass is 10.1. The Balaban J connectivity index is 1.85. The maximum atomic E-state index is 13.0. The SMILES string of the molecule is CC(C)CNC(=O)c1ccccc1NC(=O)c1cc(S(=O)(=O)N2CCCCC2)ccc1Cl. The molecule has 1 saturated heterocycles. The smallest absolute Gasteiger partial charge is 0.257 e. The van der Waals surface area contributed by atoms with Crippen LogP contribution in [0.1, 0.15) is 53.8 Å². The quantitative estimate of drug-likeness (QED) is 0.626. The fourth-order valence-electron chi connectivity index (χ4n) is 3.46. The number of halogens is 1. The zero-order valence-electron chi connectivity index (χ0n) is 18.2. The minimum absolute atomic E-state index is 0.0249. The van der Waals surface area contributed by atoms with E-state index < -0.39 is 15.9 Å². The van der Waals surface area contributed by atoms with Gasteiger partial charge in [0.15, 0.2) is 0 Å². The van der Waals surface area contributed by atoms with Gasteiger partial charge in [-0.1, -0.05) is 44.0 Å². The summed E-state index contributed by atoms with van der Waals surface area (Å²) in [4.78, 5) is 25.6. The average Bonchev–Trinajstić information content (AvgIpc) is 2.78. The zero-order chi connectivity index (χ0) is 23.3. The number of nitrogens with one attached hydrogen (secondary N) is 2. The Morgan fingerprint density at radius 1 is 1.00 bits per heavy atom. The van der Waals surface area contributed by atoms with Crippen LogP contribution in [0.3, 0.4) is 0 Å².